The van der Waals surface area contributed by atoms with Crippen molar-refractivity contribution in [3.63, 3.8) is 0 Å². The van der Waals surface area contributed by atoms with Gasteiger partial charge in [0.15, 0.2) is 0 Å². The van der Waals surface area contributed by atoms with Crippen molar-refractivity contribution in [2.75, 3.05) is 5.32 Å². The lowest BCUT2D eigenvalue weighted by Crippen LogP contribution is -2.17. The van der Waals surface area contributed by atoms with Gasteiger partial charge in [-0.15, -0.1) is 22.7 Å². The van der Waals surface area contributed by atoms with Crippen molar-refractivity contribution in [2.45, 2.75) is 24.9 Å². The van der Waals surface area contributed by atoms with Gasteiger partial charge in [-0.25, -0.2) is 18.6 Å². The van der Waals surface area contributed by atoms with E-state index in [0.29, 0.717) is 22.7 Å². The molecule has 2 aromatic carbocycles. The Labute approximate surface area is 228 Å². The molecule has 0 aliphatic heterocycles. The van der Waals surface area contributed by atoms with Gasteiger partial charge in [-0.3, -0.25) is 14.8 Å². The lowest BCUT2D eigenvalue weighted by molar-refractivity contribution is -0.139. The monoisotopic (exact) mass is 566 g/mol. The van der Waals surface area contributed by atoms with Gasteiger partial charge in [0.1, 0.15) is 39.3 Å². The second-order valence-corrected chi connectivity index (χ2v) is 11.3. The van der Waals surface area contributed by atoms with Gasteiger partial charge in [-0.05, 0) is 36.6 Å². The number of aliphatic carboxylic acids is 1. The highest BCUT2D eigenvalue weighted by molar-refractivity contribution is 7.28. The van der Waals surface area contributed by atoms with E-state index in [1.807, 2.05) is 30.3 Å². The maximum Gasteiger partial charge on any atom is 0.413 e. The van der Waals surface area contributed by atoms with E-state index in [9.17, 15) is 14.7 Å². The van der Waals surface area contributed by atoms with E-state index in [-0.39, 0.29) is 29.1 Å². The molecule has 12 heteroatoms. The Morgan fingerprint density at radius 1 is 1.08 bits per heavy atom. The number of fused-ring (bicyclic) bond motifs is 1. The molecule has 3 aromatic heterocycles. The summed E-state index contributed by atoms with van der Waals surface area (Å²) in [6, 6.07) is 13.0. The fraction of sp³-hybridized carbons (Fsp3) is 0.185. The zero-order chi connectivity index (χ0) is 27.3. The number of nitrogens with zero attached hydrogens (tertiary/aromatic N) is 3. The fourth-order valence-electron chi connectivity index (χ4n) is 4.33. The van der Waals surface area contributed by atoms with Crippen LogP contribution in [-0.4, -0.2) is 31.9 Å². The highest BCUT2D eigenvalue weighted by atomic mass is 32.1. The minimum Gasteiger partial charge on any atom is -0.481 e. The molecule has 3 heterocycles. The van der Waals surface area contributed by atoms with Crippen LogP contribution in [-0.2, 0) is 28.6 Å². The van der Waals surface area contributed by atoms with Gasteiger partial charge in [0.2, 0.25) is 0 Å². The SMILES string of the molecule is Cn1ncc(-c2cc(F)c(-c3nc4sc(C5(C(=O)O)CC5)cc4s3)cc2F)c1NC(=O)OCc1ccccc1. The average molecular weight is 567 g/mol. The lowest BCUT2D eigenvalue weighted by Gasteiger charge is -2.11. The molecular formula is C27H20F2N4O4S2. The summed E-state index contributed by atoms with van der Waals surface area (Å²) in [4.78, 5) is 29.8. The van der Waals surface area contributed by atoms with Crippen molar-refractivity contribution in [2.24, 2.45) is 7.05 Å². The van der Waals surface area contributed by atoms with Crippen LogP contribution in [0.3, 0.4) is 0 Å². The lowest BCUT2D eigenvalue weighted by atomic mass is 10.0. The summed E-state index contributed by atoms with van der Waals surface area (Å²) < 4.78 is 38.0. The third-order valence-corrected chi connectivity index (χ3v) is 9.07. The highest BCUT2D eigenvalue weighted by Gasteiger charge is 2.53. The summed E-state index contributed by atoms with van der Waals surface area (Å²) in [6.45, 7) is 0.0432. The number of anilines is 1. The summed E-state index contributed by atoms with van der Waals surface area (Å²) >= 11 is 2.45. The Balaban J connectivity index is 1.25. The number of carbonyl (C=O) groups is 2. The Morgan fingerprint density at radius 2 is 1.79 bits per heavy atom. The van der Waals surface area contributed by atoms with E-state index in [2.05, 4.69) is 15.4 Å². The minimum absolute atomic E-state index is 0.00811. The van der Waals surface area contributed by atoms with E-state index in [0.717, 1.165) is 27.3 Å². The van der Waals surface area contributed by atoms with Crippen molar-refractivity contribution in [1.29, 1.82) is 0 Å². The number of carbonyl (C=O) groups excluding carboxylic acids is 1. The molecule has 1 fully saturated rings. The molecule has 8 nitrogen and oxygen atoms in total. The van der Waals surface area contributed by atoms with Gasteiger partial charge in [0.05, 0.1) is 10.9 Å². The molecule has 6 rings (SSSR count). The zero-order valence-electron chi connectivity index (χ0n) is 20.4. The molecule has 2 N–H and O–H groups in total. The third kappa shape index (κ3) is 4.55. The molecule has 1 amide bonds. The van der Waals surface area contributed by atoms with E-state index >= 15 is 8.78 Å². The molecular weight excluding hydrogens is 546 g/mol. The number of hydrogen-bond donors (Lipinski definition) is 2. The van der Waals surface area contributed by atoms with Crippen LogP contribution in [0.1, 0.15) is 23.3 Å². The molecule has 0 spiro atoms. The number of rotatable bonds is 7. The number of ether oxygens (including phenoxy) is 1. The maximum atomic E-state index is 15.4. The molecule has 1 aliphatic carbocycles. The van der Waals surface area contributed by atoms with Crippen LogP contribution in [0.25, 0.3) is 31.2 Å². The van der Waals surface area contributed by atoms with Crippen molar-refractivity contribution in [1.82, 2.24) is 14.8 Å². The number of thiazole rings is 1. The summed E-state index contributed by atoms with van der Waals surface area (Å²) in [5, 5.41) is 16.5. The second-order valence-electron chi connectivity index (χ2n) is 9.22. The highest BCUT2D eigenvalue weighted by Crippen LogP contribution is 2.52. The first-order chi connectivity index (χ1) is 18.7. The predicted molar refractivity (Wildman–Crippen MR) is 144 cm³/mol. The number of benzene rings is 2. The number of aryl methyl sites for hydroxylation is 1. The Hall–Kier alpha value is -4.16. The quantitative estimate of drug-likeness (QED) is 0.231. The van der Waals surface area contributed by atoms with Gasteiger partial charge in [0.25, 0.3) is 0 Å². The molecule has 0 bridgehead atoms. The number of thiophene rings is 1. The van der Waals surface area contributed by atoms with Crippen molar-refractivity contribution in [3.8, 4) is 21.7 Å². The number of hydrogen-bond acceptors (Lipinski definition) is 7. The van der Waals surface area contributed by atoms with Gasteiger partial charge in [-0.2, -0.15) is 5.10 Å². The summed E-state index contributed by atoms with van der Waals surface area (Å²) in [6.07, 6.45) is 1.74. The first kappa shape index (κ1) is 25.1. The third-order valence-electron chi connectivity index (χ3n) is 6.67. The van der Waals surface area contributed by atoms with Crippen LogP contribution in [0.15, 0.2) is 54.7 Å². The number of carboxylic acid groups (broad SMARTS) is 1. The van der Waals surface area contributed by atoms with Crippen LogP contribution in [0, 0.1) is 11.6 Å². The molecule has 39 heavy (non-hydrogen) atoms. The van der Waals surface area contributed by atoms with E-state index in [1.54, 1.807) is 13.1 Å². The molecule has 5 aromatic rings. The van der Waals surface area contributed by atoms with Crippen molar-refractivity contribution in [3.05, 3.63) is 76.8 Å². The molecule has 198 valence electrons. The first-order valence-corrected chi connectivity index (χ1v) is 13.5. The fourth-order valence-corrected chi connectivity index (χ4v) is 6.80. The number of nitrogens with one attached hydrogen (secondary N) is 1. The van der Waals surface area contributed by atoms with Crippen LogP contribution >= 0.6 is 22.7 Å². The Kier molecular flexibility index (Phi) is 6.15. The van der Waals surface area contributed by atoms with Crippen LogP contribution in [0.2, 0.25) is 0 Å². The van der Waals surface area contributed by atoms with Gasteiger partial charge >= 0.3 is 12.1 Å². The van der Waals surface area contributed by atoms with Gasteiger partial charge < -0.3 is 9.84 Å². The zero-order valence-corrected chi connectivity index (χ0v) is 22.0. The standard InChI is InChI=1S/C27H20F2N4O4S2/c1-33-22(31-26(36)37-13-14-5-3-2-4-6-14)17(12-30-33)15-9-19(29)16(10-18(15)28)23-32-24-20(38-23)11-21(39-24)27(7-8-27)25(34)35/h2-6,9-12H,7-8,13H2,1H3,(H,31,36)(H,34,35). The Morgan fingerprint density at radius 3 is 2.49 bits per heavy atom. The average Bonchev–Trinajstić information content (AvgIpc) is 3.33. The van der Waals surface area contributed by atoms with Crippen LogP contribution < -0.4 is 5.32 Å². The molecule has 1 aliphatic rings. The molecule has 1 saturated carbocycles. The largest absolute Gasteiger partial charge is 0.481 e. The van der Waals surface area contributed by atoms with Crippen LogP contribution in [0.5, 0.6) is 0 Å². The van der Waals surface area contributed by atoms with E-state index < -0.39 is 29.1 Å². The van der Waals surface area contributed by atoms with E-state index in [1.165, 1.54) is 33.6 Å². The molecule has 0 radical (unpaired) electrons. The minimum atomic E-state index is -0.853. The summed E-state index contributed by atoms with van der Waals surface area (Å²) in [5.74, 6) is -2.12. The molecule has 0 unspecified atom stereocenters. The summed E-state index contributed by atoms with van der Waals surface area (Å²) in [7, 11) is 1.56. The molecule has 0 saturated heterocycles. The number of aromatic nitrogens is 3. The topological polar surface area (TPSA) is 106 Å². The number of halogens is 2. The van der Waals surface area contributed by atoms with E-state index in [4.69, 9.17) is 4.74 Å². The predicted octanol–water partition coefficient (Wildman–Crippen LogP) is 6.57. The van der Waals surface area contributed by atoms with Crippen LogP contribution in [0.4, 0.5) is 19.4 Å². The van der Waals surface area contributed by atoms with Gasteiger partial charge in [0, 0.05) is 28.6 Å². The maximum absolute atomic E-state index is 15.4. The molecule has 0 atom stereocenters. The smallest absolute Gasteiger partial charge is 0.413 e. The number of amides is 1. The number of carboxylic acids is 1. The second kappa shape index (κ2) is 9.54. The normalized spacial score (nSPS) is 13.9. The van der Waals surface area contributed by atoms with Crippen molar-refractivity contribution >= 4 is 50.1 Å². The van der Waals surface area contributed by atoms with Gasteiger partial charge in [-0.1, -0.05) is 30.3 Å². The summed E-state index contributed by atoms with van der Waals surface area (Å²) in [5.41, 5.74) is 0.0547. The van der Waals surface area contributed by atoms with Crippen molar-refractivity contribution < 1.29 is 28.2 Å². The Bertz CT molecular complexity index is 1710. The first-order valence-electron chi connectivity index (χ1n) is 11.9.